The molecular formula is C14H20ClN3O3. The predicted octanol–water partition coefficient (Wildman–Crippen LogP) is 1.82. The van der Waals surface area contributed by atoms with Crippen LogP contribution in [-0.4, -0.2) is 30.0 Å². The van der Waals surface area contributed by atoms with E-state index in [0.29, 0.717) is 25.4 Å². The first-order valence-electron chi connectivity index (χ1n) is 6.88. The molecule has 1 unspecified atom stereocenters. The fraction of sp³-hybridized carbons (Fsp3) is 0.500. The molecule has 2 rings (SSSR count). The molecule has 1 aromatic carbocycles. The third kappa shape index (κ3) is 5.69. The highest BCUT2D eigenvalue weighted by Gasteiger charge is 2.17. The Hall–Kier alpha value is -1.66. The zero-order valence-electron chi connectivity index (χ0n) is 11.7. The second-order valence-electron chi connectivity index (χ2n) is 5.02. The summed E-state index contributed by atoms with van der Waals surface area (Å²) in [5.74, 6) is 0.0614. The van der Waals surface area contributed by atoms with E-state index in [1.165, 1.54) is 12.1 Å². The van der Waals surface area contributed by atoms with Crippen molar-refractivity contribution in [3.8, 4) is 0 Å². The summed E-state index contributed by atoms with van der Waals surface area (Å²) < 4.78 is 0. The molecule has 1 aliphatic heterocycles. The third-order valence-corrected chi connectivity index (χ3v) is 3.48. The van der Waals surface area contributed by atoms with Crippen LogP contribution in [0.25, 0.3) is 0 Å². The van der Waals surface area contributed by atoms with Gasteiger partial charge in [0.15, 0.2) is 0 Å². The standard InChI is InChI=1S/C14H19N3O3.ClH/c18-14(10-12-2-1-8-15-12)16-9-7-11-3-5-13(6-4-11)17(19)20;/h3-6,12,15H,1-2,7-10H2,(H,16,18);1H. The molecule has 0 spiro atoms. The van der Waals surface area contributed by atoms with E-state index in [4.69, 9.17) is 0 Å². The number of rotatable bonds is 6. The fourth-order valence-corrected chi connectivity index (χ4v) is 2.36. The lowest BCUT2D eigenvalue weighted by molar-refractivity contribution is -0.384. The summed E-state index contributed by atoms with van der Waals surface area (Å²) in [5.41, 5.74) is 1.07. The highest BCUT2D eigenvalue weighted by Crippen LogP contribution is 2.12. The van der Waals surface area contributed by atoms with E-state index in [1.807, 2.05) is 0 Å². The Morgan fingerprint density at radius 3 is 2.67 bits per heavy atom. The van der Waals surface area contributed by atoms with Crippen LogP contribution in [0.2, 0.25) is 0 Å². The normalized spacial score (nSPS) is 17.0. The molecular weight excluding hydrogens is 294 g/mol. The molecule has 1 fully saturated rings. The molecule has 1 saturated heterocycles. The number of benzene rings is 1. The zero-order valence-corrected chi connectivity index (χ0v) is 12.5. The maximum absolute atomic E-state index is 11.7. The first-order chi connectivity index (χ1) is 9.65. The highest BCUT2D eigenvalue weighted by molar-refractivity contribution is 5.85. The van der Waals surface area contributed by atoms with Gasteiger partial charge in [0.05, 0.1) is 4.92 Å². The van der Waals surface area contributed by atoms with Crippen molar-refractivity contribution in [2.45, 2.75) is 31.7 Å². The lowest BCUT2D eigenvalue weighted by Crippen LogP contribution is -2.32. The van der Waals surface area contributed by atoms with Crippen molar-refractivity contribution in [3.05, 3.63) is 39.9 Å². The zero-order chi connectivity index (χ0) is 14.4. The van der Waals surface area contributed by atoms with Crippen molar-refractivity contribution >= 4 is 24.0 Å². The van der Waals surface area contributed by atoms with E-state index in [-0.39, 0.29) is 24.0 Å². The Labute approximate surface area is 129 Å². The van der Waals surface area contributed by atoms with E-state index in [9.17, 15) is 14.9 Å². The molecule has 1 aromatic rings. The Morgan fingerprint density at radius 1 is 1.38 bits per heavy atom. The number of carbonyl (C=O) groups is 1. The van der Waals surface area contributed by atoms with Crippen LogP contribution in [0, 0.1) is 10.1 Å². The second kappa shape index (κ2) is 8.59. The first-order valence-corrected chi connectivity index (χ1v) is 6.88. The van der Waals surface area contributed by atoms with Gasteiger partial charge in [-0.05, 0) is 31.4 Å². The highest BCUT2D eigenvalue weighted by atomic mass is 35.5. The van der Waals surface area contributed by atoms with Gasteiger partial charge in [-0.25, -0.2) is 0 Å². The molecule has 21 heavy (non-hydrogen) atoms. The van der Waals surface area contributed by atoms with Crippen molar-refractivity contribution in [2.24, 2.45) is 0 Å². The molecule has 0 radical (unpaired) electrons. The van der Waals surface area contributed by atoms with Gasteiger partial charge in [0, 0.05) is 31.1 Å². The monoisotopic (exact) mass is 313 g/mol. The quantitative estimate of drug-likeness (QED) is 0.620. The number of non-ortho nitro benzene ring substituents is 1. The molecule has 1 amide bonds. The van der Waals surface area contributed by atoms with Crippen LogP contribution in [0.4, 0.5) is 5.69 Å². The summed E-state index contributed by atoms with van der Waals surface area (Å²) in [5, 5.41) is 16.7. The van der Waals surface area contributed by atoms with Gasteiger partial charge >= 0.3 is 0 Å². The Balaban J connectivity index is 0.00000220. The van der Waals surface area contributed by atoms with Gasteiger partial charge in [0.2, 0.25) is 5.91 Å². The maximum atomic E-state index is 11.7. The fourth-order valence-electron chi connectivity index (χ4n) is 2.36. The third-order valence-electron chi connectivity index (χ3n) is 3.48. The van der Waals surface area contributed by atoms with Crippen LogP contribution < -0.4 is 10.6 Å². The molecule has 0 aromatic heterocycles. The molecule has 1 atom stereocenters. The van der Waals surface area contributed by atoms with Gasteiger partial charge in [-0.15, -0.1) is 12.4 Å². The van der Waals surface area contributed by atoms with Crippen molar-refractivity contribution in [2.75, 3.05) is 13.1 Å². The topological polar surface area (TPSA) is 84.3 Å². The van der Waals surface area contributed by atoms with E-state index >= 15 is 0 Å². The number of nitrogens with one attached hydrogen (secondary N) is 2. The number of nitro benzene ring substituents is 1. The molecule has 0 aliphatic carbocycles. The molecule has 1 heterocycles. The van der Waals surface area contributed by atoms with Crippen molar-refractivity contribution in [3.63, 3.8) is 0 Å². The molecule has 2 N–H and O–H groups in total. The van der Waals surface area contributed by atoms with Gasteiger partial charge in [-0.3, -0.25) is 14.9 Å². The van der Waals surface area contributed by atoms with Crippen LogP contribution in [0.3, 0.4) is 0 Å². The molecule has 1 aliphatic rings. The number of nitro groups is 1. The van der Waals surface area contributed by atoms with Crippen LogP contribution in [0.1, 0.15) is 24.8 Å². The minimum atomic E-state index is -0.417. The van der Waals surface area contributed by atoms with Gasteiger partial charge in [0.1, 0.15) is 0 Å². The van der Waals surface area contributed by atoms with Crippen molar-refractivity contribution < 1.29 is 9.72 Å². The Bertz CT molecular complexity index is 473. The van der Waals surface area contributed by atoms with Gasteiger partial charge in [-0.2, -0.15) is 0 Å². The summed E-state index contributed by atoms with van der Waals surface area (Å²) in [4.78, 5) is 21.8. The lowest BCUT2D eigenvalue weighted by atomic mass is 10.1. The molecule has 6 nitrogen and oxygen atoms in total. The van der Waals surface area contributed by atoms with E-state index in [1.54, 1.807) is 12.1 Å². The van der Waals surface area contributed by atoms with E-state index in [2.05, 4.69) is 10.6 Å². The van der Waals surface area contributed by atoms with E-state index < -0.39 is 4.92 Å². The molecule has 0 saturated carbocycles. The Kier molecular flexibility index (Phi) is 7.11. The molecule has 7 heteroatoms. The predicted molar refractivity (Wildman–Crippen MR) is 82.7 cm³/mol. The average molecular weight is 314 g/mol. The van der Waals surface area contributed by atoms with Crippen LogP contribution in [-0.2, 0) is 11.2 Å². The number of amides is 1. The summed E-state index contributed by atoms with van der Waals surface area (Å²) >= 11 is 0. The number of carbonyl (C=O) groups excluding carboxylic acids is 1. The number of hydrogen-bond acceptors (Lipinski definition) is 4. The number of nitrogens with zero attached hydrogens (tertiary/aromatic N) is 1. The van der Waals surface area contributed by atoms with Crippen molar-refractivity contribution in [1.82, 2.24) is 10.6 Å². The average Bonchev–Trinajstić information content (AvgIpc) is 2.92. The van der Waals surface area contributed by atoms with Crippen LogP contribution in [0.15, 0.2) is 24.3 Å². The van der Waals surface area contributed by atoms with Crippen molar-refractivity contribution in [1.29, 1.82) is 0 Å². The summed E-state index contributed by atoms with van der Waals surface area (Å²) in [7, 11) is 0. The number of hydrogen-bond donors (Lipinski definition) is 2. The van der Waals surface area contributed by atoms with E-state index in [0.717, 1.165) is 24.9 Å². The van der Waals surface area contributed by atoms with Gasteiger partial charge in [0.25, 0.3) is 5.69 Å². The summed E-state index contributed by atoms with van der Waals surface area (Å²) in [6.45, 7) is 1.56. The summed E-state index contributed by atoms with van der Waals surface area (Å²) in [6, 6.07) is 6.74. The lowest BCUT2D eigenvalue weighted by Gasteiger charge is -2.10. The number of halogens is 1. The first kappa shape index (κ1) is 17.4. The van der Waals surface area contributed by atoms with Gasteiger partial charge in [-0.1, -0.05) is 12.1 Å². The van der Waals surface area contributed by atoms with Crippen LogP contribution >= 0.6 is 12.4 Å². The smallest absolute Gasteiger partial charge is 0.269 e. The van der Waals surface area contributed by atoms with Crippen LogP contribution in [0.5, 0.6) is 0 Å². The molecule has 116 valence electrons. The van der Waals surface area contributed by atoms with Gasteiger partial charge < -0.3 is 10.6 Å². The summed E-state index contributed by atoms with van der Waals surface area (Å²) in [6.07, 6.45) is 3.42. The minimum Gasteiger partial charge on any atom is -0.356 e. The largest absolute Gasteiger partial charge is 0.356 e. The second-order valence-corrected chi connectivity index (χ2v) is 5.02. The Morgan fingerprint density at radius 2 is 2.10 bits per heavy atom. The minimum absolute atomic E-state index is 0. The molecule has 0 bridgehead atoms. The maximum Gasteiger partial charge on any atom is 0.269 e. The SMILES string of the molecule is Cl.O=C(CC1CCCN1)NCCc1ccc([N+](=O)[O-])cc1.